The Bertz CT molecular complexity index is 1140. The Hall–Kier alpha value is -2.78. The third-order valence-corrected chi connectivity index (χ3v) is 5.21. The van der Waals surface area contributed by atoms with Crippen LogP contribution in [0.25, 0.3) is 0 Å². The molecule has 2 aromatic carbocycles. The van der Waals surface area contributed by atoms with Crippen molar-refractivity contribution in [1.29, 1.82) is 0 Å². The zero-order valence-corrected chi connectivity index (χ0v) is 18.6. The van der Waals surface area contributed by atoms with Crippen LogP contribution >= 0.6 is 34.2 Å². The molecule has 0 fully saturated rings. The van der Waals surface area contributed by atoms with Crippen molar-refractivity contribution in [2.75, 3.05) is 5.32 Å². The van der Waals surface area contributed by atoms with E-state index in [0.29, 0.717) is 17.3 Å². The number of halogens is 2. The van der Waals surface area contributed by atoms with Gasteiger partial charge in [0.25, 0.3) is 5.91 Å². The molecule has 6 nitrogen and oxygen atoms in total. The monoisotopic (exact) mass is 533 g/mol. The molecular formula is C22H17ClIN3O3. The highest BCUT2D eigenvalue weighted by Gasteiger charge is 2.16. The summed E-state index contributed by atoms with van der Waals surface area (Å²) in [5.41, 5.74) is 1.08. The second-order valence-electron chi connectivity index (χ2n) is 6.47. The summed E-state index contributed by atoms with van der Waals surface area (Å²) >= 11 is 8.46. The van der Waals surface area contributed by atoms with Crippen LogP contribution in [0.1, 0.15) is 21.9 Å². The van der Waals surface area contributed by atoms with Gasteiger partial charge >= 0.3 is 0 Å². The highest BCUT2D eigenvalue weighted by molar-refractivity contribution is 14.1. The van der Waals surface area contributed by atoms with Crippen LogP contribution in [0.15, 0.2) is 77.3 Å². The lowest BCUT2D eigenvalue weighted by Crippen LogP contribution is -2.12. The molecule has 4 rings (SSSR count). The maximum Gasteiger partial charge on any atom is 0.292 e. The number of hydrogen-bond donors (Lipinski definition) is 1. The second-order valence-corrected chi connectivity index (χ2v) is 8.12. The molecule has 0 atom stereocenters. The van der Waals surface area contributed by atoms with Crippen LogP contribution in [0, 0.1) is 3.57 Å². The van der Waals surface area contributed by atoms with Crippen molar-refractivity contribution in [1.82, 2.24) is 9.78 Å². The fraction of sp³-hybridized carbons (Fsp3) is 0.0909. The molecule has 30 heavy (non-hydrogen) atoms. The highest BCUT2D eigenvalue weighted by atomic mass is 127. The van der Waals surface area contributed by atoms with Crippen molar-refractivity contribution in [3.8, 4) is 5.75 Å². The Balaban J connectivity index is 1.36. The lowest BCUT2D eigenvalue weighted by molar-refractivity contribution is 0.0992. The Kier molecular flexibility index (Phi) is 6.39. The number of nitrogens with zero attached hydrogens (tertiary/aromatic N) is 2. The zero-order valence-electron chi connectivity index (χ0n) is 15.7. The molecule has 1 amide bonds. The van der Waals surface area contributed by atoms with Crippen molar-refractivity contribution >= 4 is 45.9 Å². The van der Waals surface area contributed by atoms with E-state index in [0.717, 1.165) is 14.9 Å². The van der Waals surface area contributed by atoms with E-state index in [2.05, 4.69) is 33.0 Å². The number of carbonyl (C=O) groups excluding carboxylic acids is 1. The topological polar surface area (TPSA) is 69.3 Å². The molecular weight excluding hydrogens is 517 g/mol. The molecule has 0 aliphatic heterocycles. The van der Waals surface area contributed by atoms with Gasteiger partial charge in [-0.05, 0) is 64.6 Å². The van der Waals surface area contributed by atoms with Crippen molar-refractivity contribution in [3.05, 3.63) is 98.6 Å². The average Bonchev–Trinajstić information content (AvgIpc) is 3.35. The summed E-state index contributed by atoms with van der Waals surface area (Å²) in [6.07, 6.45) is 1.67. The van der Waals surface area contributed by atoms with E-state index in [1.54, 1.807) is 23.0 Å². The van der Waals surface area contributed by atoms with Gasteiger partial charge in [-0.1, -0.05) is 41.9 Å². The van der Waals surface area contributed by atoms with Gasteiger partial charge in [0, 0.05) is 9.77 Å². The summed E-state index contributed by atoms with van der Waals surface area (Å²) in [7, 11) is 0. The van der Waals surface area contributed by atoms with Gasteiger partial charge in [0.2, 0.25) is 0 Å². The number of benzene rings is 2. The van der Waals surface area contributed by atoms with Crippen LogP contribution in [0.2, 0.25) is 5.02 Å². The van der Waals surface area contributed by atoms with Gasteiger partial charge < -0.3 is 14.5 Å². The van der Waals surface area contributed by atoms with Gasteiger partial charge in [-0.2, -0.15) is 5.10 Å². The molecule has 4 aromatic rings. The molecule has 152 valence electrons. The maximum atomic E-state index is 12.5. The first-order valence-corrected chi connectivity index (χ1v) is 10.6. The molecule has 0 aliphatic carbocycles. The van der Waals surface area contributed by atoms with Gasteiger partial charge in [0.05, 0.1) is 6.54 Å². The Morgan fingerprint density at radius 1 is 1.10 bits per heavy atom. The Morgan fingerprint density at radius 2 is 1.87 bits per heavy atom. The SMILES string of the molecule is O=C(Nc1nn(Cc2ccccc2)cc1Cl)c1ccc(COc2ccc(I)cc2)o1. The van der Waals surface area contributed by atoms with Crippen molar-refractivity contribution in [3.63, 3.8) is 0 Å². The summed E-state index contributed by atoms with van der Waals surface area (Å²) in [5.74, 6) is 1.28. The maximum absolute atomic E-state index is 12.5. The second kappa shape index (κ2) is 9.36. The van der Waals surface area contributed by atoms with Gasteiger partial charge in [0.15, 0.2) is 11.6 Å². The molecule has 0 saturated heterocycles. The fourth-order valence-electron chi connectivity index (χ4n) is 2.77. The van der Waals surface area contributed by atoms with Gasteiger partial charge in [-0.25, -0.2) is 0 Å². The fourth-order valence-corrected chi connectivity index (χ4v) is 3.32. The predicted molar refractivity (Wildman–Crippen MR) is 123 cm³/mol. The standard InChI is InChI=1S/C22H17ClIN3O3/c23-19-13-27(12-15-4-2-1-3-5-15)26-21(19)25-22(28)20-11-10-18(30-20)14-29-17-8-6-16(24)7-9-17/h1-11,13H,12,14H2,(H,25,26,28). The molecule has 0 aliphatic rings. The third-order valence-electron chi connectivity index (χ3n) is 4.22. The summed E-state index contributed by atoms with van der Waals surface area (Å²) in [6, 6.07) is 20.8. The van der Waals surface area contributed by atoms with Crippen molar-refractivity contribution in [2.45, 2.75) is 13.2 Å². The number of furan rings is 1. The molecule has 0 unspecified atom stereocenters. The highest BCUT2D eigenvalue weighted by Crippen LogP contribution is 2.22. The van der Waals surface area contributed by atoms with Gasteiger partial charge in [-0.3, -0.25) is 9.48 Å². The number of aromatic nitrogens is 2. The first-order chi connectivity index (χ1) is 14.6. The first-order valence-electron chi connectivity index (χ1n) is 9.12. The normalized spacial score (nSPS) is 10.7. The molecule has 0 spiro atoms. The van der Waals surface area contributed by atoms with Crippen molar-refractivity contribution in [2.24, 2.45) is 0 Å². The molecule has 2 aromatic heterocycles. The minimum Gasteiger partial charge on any atom is -0.486 e. The number of carbonyl (C=O) groups is 1. The van der Waals surface area contributed by atoms with Crippen LogP contribution < -0.4 is 10.1 Å². The zero-order chi connectivity index (χ0) is 20.9. The van der Waals surface area contributed by atoms with Crippen LogP contribution in [0.3, 0.4) is 0 Å². The van der Waals surface area contributed by atoms with E-state index in [1.807, 2.05) is 54.6 Å². The molecule has 2 heterocycles. The van der Waals surface area contributed by atoms with Crippen LogP contribution in [0.4, 0.5) is 5.82 Å². The first kappa shape index (κ1) is 20.5. The smallest absolute Gasteiger partial charge is 0.292 e. The minimum absolute atomic E-state index is 0.157. The number of anilines is 1. The van der Waals surface area contributed by atoms with E-state index >= 15 is 0 Å². The van der Waals surface area contributed by atoms with E-state index in [-0.39, 0.29) is 18.2 Å². The third kappa shape index (κ3) is 5.22. The molecule has 8 heteroatoms. The summed E-state index contributed by atoms with van der Waals surface area (Å²) in [6.45, 7) is 0.775. The quantitative estimate of drug-likeness (QED) is 0.313. The van der Waals surface area contributed by atoms with Crippen LogP contribution in [-0.4, -0.2) is 15.7 Å². The predicted octanol–water partition coefficient (Wildman–Crippen LogP) is 5.61. The minimum atomic E-state index is -0.428. The largest absolute Gasteiger partial charge is 0.486 e. The van der Waals surface area contributed by atoms with Crippen LogP contribution in [0.5, 0.6) is 5.75 Å². The lowest BCUT2D eigenvalue weighted by Gasteiger charge is -2.04. The van der Waals surface area contributed by atoms with Gasteiger partial charge in [-0.15, -0.1) is 0 Å². The molecule has 0 bridgehead atoms. The Labute approximate surface area is 191 Å². The molecule has 0 radical (unpaired) electrons. The summed E-state index contributed by atoms with van der Waals surface area (Å²) < 4.78 is 14.1. The van der Waals surface area contributed by atoms with E-state index in [4.69, 9.17) is 20.8 Å². The van der Waals surface area contributed by atoms with E-state index in [1.165, 1.54) is 0 Å². The van der Waals surface area contributed by atoms with Crippen LogP contribution in [-0.2, 0) is 13.2 Å². The number of ether oxygens (including phenoxy) is 1. The lowest BCUT2D eigenvalue weighted by atomic mass is 10.2. The van der Waals surface area contributed by atoms with E-state index < -0.39 is 5.91 Å². The number of nitrogens with one attached hydrogen (secondary N) is 1. The summed E-state index contributed by atoms with van der Waals surface area (Å²) in [5, 5.41) is 7.39. The molecule has 1 N–H and O–H groups in total. The van der Waals surface area contributed by atoms with Crippen molar-refractivity contribution < 1.29 is 13.9 Å². The molecule has 0 saturated carbocycles. The number of rotatable bonds is 7. The average molecular weight is 534 g/mol. The van der Waals surface area contributed by atoms with E-state index in [9.17, 15) is 4.79 Å². The number of amides is 1. The van der Waals surface area contributed by atoms with Gasteiger partial charge in [0.1, 0.15) is 23.1 Å². The summed E-state index contributed by atoms with van der Waals surface area (Å²) in [4.78, 5) is 12.5. The Morgan fingerprint density at radius 3 is 2.63 bits per heavy atom. The number of hydrogen-bond acceptors (Lipinski definition) is 4.